The number of hydrogen-bond donors (Lipinski definition) is 0. The van der Waals surface area contributed by atoms with Gasteiger partial charge in [-0.05, 0) is 30.4 Å². The van der Waals surface area contributed by atoms with Crippen LogP contribution in [0.5, 0.6) is 0 Å². The first-order valence-electron chi connectivity index (χ1n) is 5.59. The molecule has 0 bridgehead atoms. The molecule has 2 heteroatoms. The molecule has 17 heavy (non-hydrogen) atoms. The van der Waals surface area contributed by atoms with Crippen LogP contribution in [-0.2, 0) is 0 Å². The molecular weight excluding hydrogens is 212 g/mol. The zero-order chi connectivity index (χ0) is 12.0. The third kappa shape index (κ3) is 1.45. The van der Waals surface area contributed by atoms with Crippen LogP contribution in [0, 0.1) is 13.8 Å². The lowest BCUT2D eigenvalue weighted by Crippen LogP contribution is -1.98. The SMILES string of the molecule is Cc1cccc2c1ccc1c(C)cc(=O)oc12. The average molecular weight is 224 g/mol. The van der Waals surface area contributed by atoms with Crippen LogP contribution < -0.4 is 5.63 Å². The Morgan fingerprint density at radius 1 is 0.882 bits per heavy atom. The number of aryl methyl sites for hydroxylation is 2. The van der Waals surface area contributed by atoms with Gasteiger partial charge in [-0.15, -0.1) is 0 Å². The minimum absolute atomic E-state index is 0.288. The first-order chi connectivity index (χ1) is 8.16. The van der Waals surface area contributed by atoms with Gasteiger partial charge in [0.25, 0.3) is 0 Å². The van der Waals surface area contributed by atoms with E-state index in [1.165, 1.54) is 11.6 Å². The summed E-state index contributed by atoms with van der Waals surface area (Å²) in [5.41, 5.74) is 2.55. The monoisotopic (exact) mass is 224 g/mol. The Morgan fingerprint density at radius 2 is 1.65 bits per heavy atom. The molecule has 0 fully saturated rings. The maximum Gasteiger partial charge on any atom is 0.336 e. The summed E-state index contributed by atoms with van der Waals surface area (Å²) in [6.45, 7) is 3.99. The van der Waals surface area contributed by atoms with Crippen LogP contribution in [0.4, 0.5) is 0 Å². The Hall–Kier alpha value is -2.09. The van der Waals surface area contributed by atoms with Crippen molar-refractivity contribution in [3.63, 3.8) is 0 Å². The van der Waals surface area contributed by atoms with Crippen molar-refractivity contribution < 1.29 is 4.42 Å². The number of benzene rings is 2. The number of fused-ring (bicyclic) bond motifs is 3. The highest BCUT2D eigenvalue weighted by atomic mass is 16.4. The molecule has 0 atom stereocenters. The van der Waals surface area contributed by atoms with Crippen LogP contribution in [-0.4, -0.2) is 0 Å². The van der Waals surface area contributed by atoms with E-state index in [0.29, 0.717) is 5.58 Å². The van der Waals surface area contributed by atoms with E-state index < -0.39 is 0 Å². The largest absolute Gasteiger partial charge is 0.422 e. The molecule has 3 aromatic rings. The molecule has 0 unspecified atom stereocenters. The smallest absolute Gasteiger partial charge is 0.336 e. The fraction of sp³-hybridized carbons (Fsp3) is 0.133. The zero-order valence-corrected chi connectivity index (χ0v) is 9.78. The van der Waals surface area contributed by atoms with Gasteiger partial charge in [0.05, 0.1) is 0 Å². The minimum Gasteiger partial charge on any atom is -0.422 e. The summed E-state index contributed by atoms with van der Waals surface area (Å²) in [6.07, 6.45) is 0. The second-order valence-electron chi connectivity index (χ2n) is 4.36. The second kappa shape index (κ2) is 3.45. The Morgan fingerprint density at radius 3 is 2.47 bits per heavy atom. The van der Waals surface area contributed by atoms with Crippen LogP contribution in [0.2, 0.25) is 0 Å². The van der Waals surface area contributed by atoms with Crippen molar-refractivity contribution in [1.82, 2.24) is 0 Å². The molecule has 1 aromatic heterocycles. The lowest BCUT2D eigenvalue weighted by Gasteiger charge is -2.06. The predicted molar refractivity (Wildman–Crippen MR) is 69.5 cm³/mol. The van der Waals surface area contributed by atoms with Crippen molar-refractivity contribution in [2.24, 2.45) is 0 Å². The van der Waals surface area contributed by atoms with Crippen molar-refractivity contribution in [2.45, 2.75) is 13.8 Å². The molecule has 0 N–H and O–H groups in total. The highest BCUT2D eigenvalue weighted by Crippen LogP contribution is 2.27. The molecule has 0 aliphatic carbocycles. The standard InChI is InChI=1S/C15H12O2/c1-9-4-3-5-13-11(9)6-7-12-10(2)8-14(16)17-15(12)13/h3-8H,1-2H3. The first kappa shape index (κ1) is 10.1. The maximum absolute atomic E-state index is 11.5. The summed E-state index contributed by atoms with van der Waals surface area (Å²) in [6, 6.07) is 11.7. The average Bonchev–Trinajstić information content (AvgIpc) is 2.29. The Balaban J connectivity index is 2.64. The summed E-state index contributed by atoms with van der Waals surface area (Å²) in [4.78, 5) is 11.5. The number of rotatable bonds is 0. The Bertz CT molecular complexity index is 782. The highest BCUT2D eigenvalue weighted by molar-refractivity contribution is 6.05. The molecule has 0 amide bonds. The fourth-order valence-electron chi connectivity index (χ4n) is 2.29. The molecule has 2 nitrogen and oxygen atoms in total. The Kier molecular flexibility index (Phi) is 2.05. The van der Waals surface area contributed by atoms with Gasteiger partial charge in [0.15, 0.2) is 0 Å². The van der Waals surface area contributed by atoms with E-state index in [1.807, 2.05) is 25.1 Å². The second-order valence-corrected chi connectivity index (χ2v) is 4.36. The van der Waals surface area contributed by atoms with Crippen molar-refractivity contribution >= 4 is 21.7 Å². The van der Waals surface area contributed by atoms with Crippen LogP contribution in [0.15, 0.2) is 45.6 Å². The van der Waals surface area contributed by atoms with E-state index in [0.717, 1.165) is 21.7 Å². The molecule has 0 aliphatic rings. The minimum atomic E-state index is -0.288. The fourth-order valence-corrected chi connectivity index (χ4v) is 2.29. The molecular formula is C15H12O2. The van der Waals surface area contributed by atoms with Crippen LogP contribution in [0.25, 0.3) is 21.7 Å². The molecule has 0 radical (unpaired) electrons. The van der Waals surface area contributed by atoms with Gasteiger partial charge in [0.2, 0.25) is 0 Å². The predicted octanol–water partition coefficient (Wildman–Crippen LogP) is 3.56. The normalized spacial score (nSPS) is 11.2. The molecule has 84 valence electrons. The maximum atomic E-state index is 11.5. The highest BCUT2D eigenvalue weighted by Gasteiger charge is 2.07. The van der Waals surface area contributed by atoms with Gasteiger partial charge in [-0.2, -0.15) is 0 Å². The molecule has 2 aromatic carbocycles. The van der Waals surface area contributed by atoms with Crippen LogP contribution >= 0.6 is 0 Å². The van der Waals surface area contributed by atoms with Crippen LogP contribution in [0.3, 0.4) is 0 Å². The first-order valence-corrected chi connectivity index (χ1v) is 5.59. The molecule has 1 heterocycles. The quantitative estimate of drug-likeness (QED) is 0.431. The van der Waals surface area contributed by atoms with E-state index in [2.05, 4.69) is 19.1 Å². The summed E-state index contributed by atoms with van der Waals surface area (Å²) in [5.74, 6) is 0. The molecule has 3 rings (SSSR count). The summed E-state index contributed by atoms with van der Waals surface area (Å²) in [5, 5.41) is 3.14. The van der Waals surface area contributed by atoms with E-state index in [-0.39, 0.29) is 5.63 Å². The van der Waals surface area contributed by atoms with Gasteiger partial charge in [0.1, 0.15) is 5.58 Å². The van der Waals surface area contributed by atoms with Gasteiger partial charge >= 0.3 is 5.63 Å². The Labute approximate surface area is 98.5 Å². The molecule has 0 spiro atoms. The third-order valence-corrected chi connectivity index (χ3v) is 3.19. The van der Waals surface area contributed by atoms with Gasteiger partial charge in [-0.1, -0.05) is 30.3 Å². The summed E-state index contributed by atoms with van der Waals surface area (Å²) in [7, 11) is 0. The van der Waals surface area contributed by atoms with Crippen molar-refractivity contribution in [3.05, 3.63) is 57.9 Å². The van der Waals surface area contributed by atoms with E-state index >= 15 is 0 Å². The van der Waals surface area contributed by atoms with Crippen molar-refractivity contribution in [1.29, 1.82) is 0 Å². The van der Waals surface area contributed by atoms with Gasteiger partial charge in [0, 0.05) is 16.8 Å². The van der Waals surface area contributed by atoms with E-state index in [9.17, 15) is 4.79 Å². The lowest BCUT2D eigenvalue weighted by atomic mass is 10.0. The summed E-state index contributed by atoms with van der Waals surface area (Å²) >= 11 is 0. The zero-order valence-electron chi connectivity index (χ0n) is 9.78. The van der Waals surface area contributed by atoms with Gasteiger partial charge < -0.3 is 4.42 Å². The lowest BCUT2D eigenvalue weighted by molar-refractivity contribution is 0.563. The topological polar surface area (TPSA) is 30.2 Å². The molecule has 0 aliphatic heterocycles. The molecule has 0 saturated carbocycles. The third-order valence-electron chi connectivity index (χ3n) is 3.19. The van der Waals surface area contributed by atoms with Gasteiger partial charge in [-0.25, -0.2) is 4.79 Å². The van der Waals surface area contributed by atoms with E-state index in [1.54, 1.807) is 0 Å². The van der Waals surface area contributed by atoms with Crippen molar-refractivity contribution in [2.75, 3.05) is 0 Å². The van der Waals surface area contributed by atoms with Crippen LogP contribution in [0.1, 0.15) is 11.1 Å². The summed E-state index contributed by atoms with van der Waals surface area (Å²) < 4.78 is 5.36. The van der Waals surface area contributed by atoms with Crippen molar-refractivity contribution in [3.8, 4) is 0 Å². The number of hydrogen-bond acceptors (Lipinski definition) is 2. The van der Waals surface area contributed by atoms with Gasteiger partial charge in [-0.3, -0.25) is 0 Å². The molecule has 0 saturated heterocycles. The van der Waals surface area contributed by atoms with E-state index in [4.69, 9.17) is 4.42 Å².